The number of carbonyl (C=O) groups is 2. The summed E-state index contributed by atoms with van der Waals surface area (Å²) in [6.07, 6.45) is 2.89. The molecule has 0 bridgehead atoms. The second kappa shape index (κ2) is 6.43. The van der Waals surface area contributed by atoms with Crippen molar-refractivity contribution < 1.29 is 9.59 Å². The molecule has 0 saturated carbocycles. The summed E-state index contributed by atoms with van der Waals surface area (Å²) in [5.74, 6) is 0.0862. The van der Waals surface area contributed by atoms with Crippen LogP contribution < -0.4 is 0 Å². The molecule has 0 unspecified atom stereocenters. The van der Waals surface area contributed by atoms with Crippen LogP contribution in [0.25, 0.3) is 0 Å². The standard InChI is InChI=1S/C21H28O2/c1-6-16-17(7-2)21(9-4,19(23)20(16,5)8-3)18(22)15-13-11-10-12-14-15/h10-14H,6-9H2,1-5H3/t20-,21+/m0/s1. The Morgan fingerprint density at radius 2 is 1.48 bits per heavy atom. The Kier molecular flexibility index (Phi) is 4.93. The fraction of sp³-hybridized carbons (Fsp3) is 0.524. The normalized spacial score (nSPS) is 27.6. The third kappa shape index (κ3) is 2.31. The van der Waals surface area contributed by atoms with Crippen molar-refractivity contribution in [3.05, 3.63) is 47.0 Å². The molecule has 1 aliphatic carbocycles. The predicted molar refractivity (Wildman–Crippen MR) is 94.5 cm³/mol. The largest absolute Gasteiger partial charge is 0.297 e. The molecule has 1 aromatic rings. The minimum atomic E-state index is -0.966. The molecule has 0 spiro atoms. The molecular formula is C21H28O2. The molecule has 0 aromatic heterocycles. The highest BCUT2D eigenvalue weighted by Gasteiger charge is 2.59. The molecule has 1 aromatic carbocycles. The average Bonchev–Trinajstić information content (AvgIpc) is 2.80. The molecule has 2 rings (SSSR count). The van der Waals surface area contributed by atoms with E-state index in [0.29, 0.717) is 12.0 Å². The summed E-state index contributed by atoms with van der Waals surface area (Å²) in [5, 5.41) is 0. The van der Waals surface area contributed by atoms with Gasteiger partial charge >= 0.3 is 0 Å². The number of rotatable bonds is 6. The van der Waals surface area contributed by atoms with Gasteiger partial charge in [-0.2, -0.15) is 0 Å². The lowest BCUT2D eigenvalue weighted by Crippen LogP contribution is -2.42. The number of carbonyl (C=O) groups excluding carboxylic acids is 2. The molecule has 1 aliphatic rings. The van der Waals surface area contributed by atoms with Gasteiger partial charge in [-0.3, -0.25) is 9.59 Å². The second-order valence-electron chi connectivity index (χ2n) is 6.63. The SMILES string of the molecule is CCC1=C(CC)[C@](CC)(C(=O)c2ccccc2)C(=O)[C@@]1(C)CC. The van der Waals surface area contributed by atoms with Crippen LogP contribution in [-0.2, 0) is 4.79 Å². The Hall–Kier alpha value is -1.70. The van der Waals surface area contributed by atoms with Crippen LogP contribution in [0.1, 0.15) is 70.7 Å². The first-order valence-electron chi connectivity index (χ1n) is 8.81. The van der Waals surface area contributed by atoms with Crippen LogP contribution in [0.4, 0.5) is 0 Å². The highest BCUT2D eigenvalue weighted by atomic mass is 16.2. The van der Waals surface area contributed by atoms with Gasteiger partial charge in [-0.1, -0.05) is 63.6 Å². The summed E-state index contributed by atoms with van der Waals surface area (Å²) in [6.45, 7) is 10.2. The number of Topliss-reactive ketones (excluding diaryl/α,β-unsaturated/α-hetero) is 2. The summed E-state index contributed by atoms with van der Waals surface area (Å²) in [6, 6.07) is 9.29. The van der Waals surface area contributed by atoms with Crippen molar-refractivity contribution in [3.8, 4) is 0 Å². The maximum Gasteiger partial charge on any atom is 0.180 e. The van der Waals surface area contributed by atoms with Crippen molar-refractivity contribution in [2.75, 3.05) is 0 Å². The van der Waals surface area contributed by atoms with Crippen molar-refractivity contribution in [3.63, 3.8) is 0 Å². The zero-order valence-corrected chi connectivity index (χ0v) is 15.0. The summed E-state index contributed by atoms with van der Waals surface area (Å²) in [5.41, 5.74) is 1.45. The number of allylic oxidation sites excluding steroid dienone is 2. The fourth-order valence-electron chi connectivity index (χ4n) is 4.44. The van der Waals surface area contributed by atoms with Gasteiger partial charge in [0.25, 0.3) is 0 Å². The van der Waals surface area contributed by atoms with Crippen LogP contribution in [0.15, 0.2) is 41.5 Å². The van der Waals surface area contributed by atoms with Crippen LogP contribution in [0.5, 0.6) is 0 Å². The number of benzene rings is 1. The van der Waals surface area contributed by atoms with Crippen molar-refractivity contribution in [1.82, 2.24) is 0 Å². The van der Waals surface area contributed by atoms with Gasteiger partial charge in [-0.05, 0) is 38.2 Å². The van der Waals surface area contributed by atoms with Crippen LogP contribution in [0, 0.1) is 10.8 Å². The summed E-state index contributed by atoms with van der Waals surface area (Å²) in [7, 11) is 0. The molecule has 23 heavy (non-hydrogen) atoms. The van der Waals surface area contributed by atoms with Gasteiger partial charge in [0, 0.05) is 11.0 Å². The van der Waals surface area contributed by atoms with E-state index in [1.165, 1.54) is 5.57 Å². The number of hydrogen-bond donors (Lipinski definition) is 0. The highest BCUT2D eigenvalue weighted by Crippen LogP contribution is 2.56. The van der Waals surface area contributed by atoms with E-state index in [2.05, 4.69) is 20.8 Å². The second-order valence-corrected chi connectivity index (χ2v) is 6.63. The summed E-state index contributed by atoms with van der Waals surface area (Å²) in [4.78, 5) is 26.9. The van der Waals surface area contributed by atoms with Crippen molar-refractivity contribution in [1.29, 1.82) is 0 Å². The molecule has 0 fully saturated rings. The predicted octanol–water partition coefficient (Wildman–Crippen LogP) is 5.38. The smallest absolute Gasteiger partial charge is 0.180 e. The first kappa shape index (κ1) is 17.7. The molecule has 0 N–H and O–H groups in total. The lowest BCUT2D eigenvalue weighted by Gasteiger charge is -2.31. The van der Waals surface area contributed by atoms with Crippen LogP contribution in [0.3, 0.4) is 0 Å². The lowest BCUT2D eigenvalue weighted by atomic mass is 9.67. The Balaban J connectivity index is 2.72. The molecule has 0 amide bonds. The molecule has 2 heteroatoms. The van der Waals surface area contributed by atoms with Gasteiger partial charge in [-0.25, -0.2) is 0 Å². The summed E-state index contributed by atoms with van der Waals surface area (Å²) < 4.78 is 0. The third-order valence-corrected chi connectivity index (χ3v) is 5.80. The number of ketones is 2. The topological polar surface area (TPSA) is 34.1 Å². The molecule has 2 atom stereocenters. The fourth-order valence-corrected chi connectivity index (χ4v) is 4.44. The monoisotopic (exact) mass is 312 g/mol. The van der Waals surface area contributed by atoms with Crippen LogP contribution >= 0.6 is 0 Å². The van der Waals surface area contributed by atoms with Gasteiger partial charge in [0.2, 0.25) is 0 Å². The highest BCUT2D eigenvalue weighted by molar-refractivity contribution is 6.21. The molecule has 0 saturated heterocycles. The average molecular weight is 312 g/mol. The van der Waals surface area contributed by atoms with Crippen molar-refractivity contribution >= 4 is 11.6 Å². The minimum Gasteiger partial charge on any atom is -0.297 e. The van der Waals surface area contributed by atoms with Gasteiger partial charge in [0.05, 0.1) is 0 Å². The number of hydrogen-bond acceptors (Lipinski definition) is 2. The van der Waals surface area contributed by atoms with Crippen LogP contribution in [0.2, 0.25) is 0 Å². The summed E-state index contributed by atoms with van der Waals surface area (Å²) >= 11 is 0. The Bertz CT molecular complexity index is 641. The maximum absolute atomic E-state index is 13.5. The molecule has 0 radical (unpaired) electrons. The van der Waals surface area contributed by atoms with Crippen LogP contribution in [-0.4, -0.2) is 11.6 Å². The first-order chi connectivity index (χ1) is 10.9. The van der Waals surface area contributed by atoms with Gasteiger partial charge in [-0.15, -0.1) is 0 Å². The molecule has 124 valence electrons. The van der Waals surface area contributed by atoms with Crippen molar-refractivity contribution in [2.45, 2.75) is 60.3 Å². The third-order valence-electron chi connectivity index (χ3n) is 5.80. The Morgan fingerprint density at radius 1 is 0.913 bits per heavy atom. The van der Waals surface area contributed by atoms with Crippen molar-refractivity contribution in [2.24, 2.45) is 10.8 Å². The van der Waals surface area contributed by atoms with Gasteiger partial charge < -0.3 is 0 Å². The Morgan fingerprint density at radius 3 is 1.91 bits per heavy atom. The maximum atomic E-state index is 13.5. The van der Waals surface area contributed by atoms with E-state index in [1.54, 1.807) is 0 Å². The zero-order valence-electron chi connectivity index (χ0n) is 15.0. The quantitative estimate of drug-likeness (QED) is 0.401. The zero-order chi connectivity index (χ0) is 17.3. The van der Waals surface area contributed by atoms with E-state index in [1.807, 2.05) is 44.2 Å². The first-order valence-corrected chi connectivity index (χ1v) is 8.81. The van der Waals surface area contributed by atoms with E-state index in [9.17, 15) is 9.59 Å². The lowest BCUT2D eigenvalue weighted by molar-refractivity contribution is -0.130. The van der Waals surface area contributed by atoms with E-state index in [4.69, 9.17) is 0 Å². The van der Waals surface area contributed by atoms with Gasteiger partial charge in [0.15, 0.2) is 11.6 Å². The molecule has 0 heterocycles. The van der Waals surface area contributed by atoms with E-state index >= 15 is 0 Å². The molecule has 2 nitrogen and oxygen atoms in total. The van der Waals surface area contributed by atoms with E-state index < -0.39 is 10.8 Å². The molecule has 0 aliphatic heterocycles. The van der Waals surface area contributed by atoms with Gasteiger partial charge in [0.1, 0.15) is 5.41 Å². The Labute approximate surface area is 140 Å². The minimum absolute atomic E-state index is 0.0226. The molecular weight excluding hydrogens is 284 g/mol. The van der Waals surface area contributed by atoms with E-state index in [-0.39, 0.29) is 11.6 Å². The van der Waals surface area contributed by atoms with E-state index in [0.717, 1.165) is 24.8 Å².